The zero-order valence-corrected chi connectivity index (χ0v) is 15.6. The van der Waals surface area contributed by atoms with Gasteiger partial charge in [0.05, 0.1) is 18.7 Å². The maximum absolute atomic E-state index is 9.13. The van der Waals surface area contributed by atoms with E-state index in [-0.39, 0.29) is 0 Å². The van der Waals surface area contributed by atoms with Crippen LogP contribution < -0.4 is 15.4 Å². The zero-order valence-electron chi connectivity index (χ0n) is 15.6. The molecule has 2 N–H and O–H groups in total. The smallest absolute Gasteiger partial charge is 0.123 e. The van der Waals surface area contributed by atoms with Crippen LogP contribution in [0, 0.1) is 11.3 Å². The van der Waals surface area contributed by atoms with Crippen molar-refractivity contribution in [3.05, 3.63) is 53.6 Å². The third-order valence-electron chi connectivity index (χ3n) is 5.32. The van der Waals surface area contributed by atoms with Crippen molar-refractivity contribution in [2.75, 3.05) is 14.2 Å². The number of hydrogen-bond acceptors (Lipinski definition) is 4. The average Bonchev–Trinajstić information content (AvgIpc) is 2.72. The first-order valence-electron chi connectivity index (χ1n) is 9.31. The van der Waals surface area contributed by atoms with Crippen molar-refractivity contribution in [3.8, 4) is 22.9 Å². The molecule has 1 aliphatic carbocycles. The van der Waals surface area contributed by atoms with Gasteiger partial charge in [0.15, 0.2) is 0 Å². The number of nitrogens with zero attached hydrogens (tertiary/aromatic N) is 1. The Morgan fingerprint density at radius 1 is 1.04 bits per heavy atom. The molecule has 2 aromatic rings. The van der Waals surface area contributed by atoms with Gasteiger partial charge < -0.3 is 15.4 Å². The third kappa shape index (κ3) is 4.43. The minimum absolute atomic E-state index is 0.565. The summed E-state index contributed by atoms with van der Waals surface area (Å²) in [6.45, 7) is 0.795. The fourth-order valence-electron chi connectivity index (χ4n) is 3.71. The highest BCUT2D eigenvalue weighted by molar-refractivity contribution is 5.67. The van der Waals surface area contributed by atoms with Gasteiger partial charge in [-0.05, 0) is 68.1 Å². The highest BCUT2D eigenvalue weighted by atomic mass is 16.5. The second-order valence-corrected chi connectivity index (χ2v) is 6.94. The predicted molar refractivity (Wildman–Crippen MR) is 105 cm³/mol. The molecule has 4 nitrogen and oxygen atoms in total. The first kappa shape index (κ1) is 18.4. The summed E-state index contributed by atoms with van der Waals surface area (Å²) in [7, 11) is 3.77. The van der Waals surface area contributed by atoms with Gasteiger partial charge in [0, 0.05) is 24.2 Å². The summed E-state index contributed by atoms with van der Waals surface area (Å²) in [5, 5.41) is 16.2. The van der Waals surface area contributed by atoms with E-state index < -0.39 is 0 Å². The van der Waals surface area contributed by atoms with Gasteiger partial charge >= 0.3 is 0 Å². The molecule has 0 unspecified atom stereocenters. The molecular weight excluding hydrogens is 322 g/mol. The third-order valence-corrected chi connectivity index (χ3v) is 5.32. The number of methoxy groups -OCH3 is 1. The van der Waals surface area contributed by atoms with Gasteiger partial charge in [-0.2, -0.15) is 5.26 Å². The van der Waals surface area contributed by atoms with E-state index in [4.69, 9.17) is 10.00 Å². The normalized spacial score (nSPS) is 19.7. The minimum atomic E-state index is 0.565. The number of ether oxygens (including phenoxy) is 1. The van der Waals surface area contributed by atoms with Crippen LogP contribution in [0.2, 0.25) is 0 Å². The van der Waals surface area contributed by atoms with Gasteiger partial charge in [0.25, 0.3) is 0 Å². The lowest BCUT2D eigenvalue weighted by Crippen LogP contribution is -2.38. The molecule has 26 heavy (non-hydrogen) atoms. The summed E-state index contributed by atoms with van der Waals surface area (Å²) in [5.41, 5.74) is 4.00. The maximum atomic E-state index is 9.13. The van der Waals surface area contributed by atoms with Crippen LogP contribution >= 0.6 is 0 Å². The molecule has 1 fully saturated rings. The van der Waals surface area contributed by atoms with Crippen molar-refractivity contribution in [3.63, 3.8) is 0 Å². The molecule has 0 amide bonds. The van der Waals surface area contributed by atoms with Crippen LogP contribution in [0.3, 0.4) is 0 Å². The fraction of sp³-hybridized carbons (Fsp3) is 0.409. The van der Waals surface area contributed by atoms with Crippen molar-refractivity contribution in [1.82, 2.24) is 10.6 Å². The Labute approximate surface area is 156 Å². The molecule has 0 heterocycles. The van der Waals surface area contributed by atoms with Crippen LogP contribution in [-0.4, -0.2) is 26.2 Å². The molecule has 3 rings (SSSR count). The van der Waals surface area contributed by atoms with Gasteiger partial charge in [-0.15, -0.1) is 0 Å². The van der Waals surface area contributed by atoms with Crippen molar-refractivity contribution < 1.29 is 4.74 Å². The van der Waals surface area contributed by atoms with Gasteiger partial charge in [-0.1, -0.05) is 18.2 Å². The molecule has 1 saturated carbocycles. The van der Waals surface area contributed by atoms with E-state index in [0.717, 1.165) is 29.0 Å². The molecule has 0 spiro atoms. The van der Waals surface area contributed by atoms with E-state index >= 15 is 0 Å². The molecule has 0 aliphatic heterocycles. The maximum Gasteiger partial charge on any atom is 0.123 e. The van der Waals surface area contributed by atoms with Crippen LogP contribution in [-0.2, 0) is 6.54 Å². The number of nitrogens with one attached hydrogen (secondary N) is 2. The number of benzene rings is 2. The van der Waals surface area contributed by atoms with E-state index in [1.54, 1.807) is 7.11 Å². The van der Waals surface area contributed by atoms with Crippen LogP contribution in [0.25, 0.3) is 11.1 Å². The lowest BCUT2D eigenvalue weighted by Gasteiger charge is -2.29. The Morgan fingerprint density at radius 2 is 1.77 bits per heavy atom. The van der Waals surface area contributed by atoms with Crippen molar-refractivity contribution in [1.29, 1.82) is 5.26 Å². The minimum Gasteiger partial charge on any atom is -0.496 e. The molecule has 0 radical (unpaired) electrons. The van der Waals surface area contributed by atoms with Crippen molar-refractivity contribution in [2.45, 2.75) is 44.3 Å². The molecule has 1 aliphatic rings. The molecular formula is C22H27N3O. The van der Waals surface area contributed by atoms with Gasteiger partial charge in [0.1, 0.15) is 5.75 Å². The van der Waals surface area contributed by atoms with Crippen molar-refractivity contribution >= 4 is 0 Å². The molecule has 0 bridgehead atoms. The average molecular weight is 349 g/mol. The Morgan fingerprint density at radius 3 is 2.46 bits per heavy atom. The lowest BCUT2D eigenvalue weighted by atomic mass is 9.91. The summed E-state index contributed by atoms with van der Waals surface area (Å²) in [4.78, 5) is 0. The second kappa shape index (κ2) is 8.84. The second-order valence-electron chi connectivity index (χ2n) is 6.94. The number of hydrogen-bond donors (Lipinski definition) is 2. The largest absolute Gasteiger partial charge is 0.496 e. The first-order chi connectivity index (χ1) is 12.7. The van der Waals surface area contributed by atoms with Crippen LogP contribution in [0.15, 0.2) is 42.5 Å². The highest BCUT2D eigenvalue weighted by Crippen LogP contribution is 2.28. The van der Waals surface area contributed by atoms with E-state index in [0.29, 0.717) is 17.6 Å². The Hall–Kier alpha value is -2.35. The van der Waals surface area contributed by atoms with E-state index in [2.05, 4.69) is 35.9 Å². The molecule has 0 saturated heterocycles. The van der Waals surface area contributed by atoms with Gasteiger partial charge in [0.2, 0.25) is 0 Å². The molecule has 2 aromatic carbocycles. The predicted octanol–water partition coefficient (Wildman–Crippen LogP) is 3.85. The monoisotopic (exact) mass is 349 g/mol. The summed E-state index contributed by atoms with van der Waals surface area (Å²) < 4.78 is 5.55. The zero-order chi connectivity index (χ0) is 18.4. The topological polar surface area (TPSA) is 57.1 Å². The Balaban J connectivity index is 1.73. The van der Waals surface area contributed by atoms with Gasteiger partial charge in [-0.3, -0.25) is 0 Å². The van der Waals surface area contributed by atoms with Crippen LogP contribution in [0.1, 0.15) is 36.8 Å². The SMILES string of the molecule is CNC1CCC(NCc2cc(-c3cccc(C#N)c3)ccc2OC)CC1. The van der Waals surface area contributed by atoms with E-state index in [1.807, 2.05) is 30.3 Å². The summed E-state index contributed by atoms with van der Waals surface area (Å²) in [6, 6.07) is 17.4. The van der Waals surface area contributed by atoms with Crippen molar-refractivity contribution in [2.24, 2.45) is 0 Å². The number of rotatable bonds is 6. The summed E-state index contributed by atoms with van der Waals surface area (Å²) >= 11 is 0. The highest BCUT2D eigenvalue weighted by Gasteiger charge is 2.19. The fourth-order valence-corrected chi connectivity index (χ4v) is 3.71. The molecule has 136 valence electrons. The van der Waals surface area contributed by atoms with E-state index in [9.17, 15) is 0 Å². The van der Waals surface area contributed by atoms with Gasteiger partial charge in [-0.25, -0.2) is 0 Å². The molecule has 0 aromatic heterocycles. The molecule has 4 heteroatoms. The Kier molecular flexibility index (Phi) is 6.27. The quantitative estimate of drug-likeness (QED) is 0.832. The van der Waals surface area contributed by atoms with Crippen LogP contribution in [0.5, 0.6) is 5.75 Å². The standard InChI is InChI=1S/C22H27N3O/c1-24-20-7-9-21(10-8-20)25-15-19-13-18(6-11-22(19)26-2)17-5-3-4-16(12-17)14-23/h3-6,11-13,20-21,24-25H,7-10,15H2,1-2H3. The summed E-state index contributed by atoms with van der Waals surface area (Å²) in [6.07, 6.45) is 4.87. The van der Waals surface area contributed by atoms with E-state index in [1.165, 1.54) is 25.7 Å². The molecule has 0 atom stereocenters. The Bertz CT molecular complexity index is 773. The summed E-state index contributed by atoms with van der Waals surface area (Å²) in [5.74, 6) is 0.904. The lowest BCUT2D eigenvalue weighted by molar-refractivity contribution is 0.315. The number of nitriles is 1. The van der Waals surface area contributed by atoms with Crippen LogP contribution in [0.4, 0.5) is 0 Å². The first-order valence-corrected chi connectivity index (χ1v) is 9.31.